The highest BCUT2D eigenvalue weighted by Gasteiger charge is 2.21. The molecular weight excluding hydrogens is 420 g/mol. The first-order chi connectivity index (χ1) is 16.4. The number of carbonyl (C=O) groups excluding carboxylic acids is 1. The van der Waals surface area contributed by atoms with E-state index in [1.54, 1.807) is 0 Å². The van der Waals surface area contributed by atoms with Crippen LogP contribution in [0.2, 0.25) is 0 Å². The largest absolute Gasteiger partial charge is 0.519 e. The van der Waals surface area contributed by atoms with Crippen LogP contribution >= 0.6 is 0 Å². The molecule has 0 fully saturated rings. The Morgan fingerprint density at radius 1 is 0.676 bits per heavy atom. The van der Waals surface area contributed by atoms with Gasteiger partial charge >= 0.3 is 6.16 Å². The molecule has 2 aliphatic carbocycles. The van der Waals surface area contributed by atoms with Gasteiger partial charge in [-0.25, -0.2) is 4.79 Å². The van der Waals surface area contributed by atoms with Gasteiger partial charge in [-0.05, 0) is 84.7 Å². The number of rotatable bonds is 8. The minimum Gasteiger partial charge on any atom is -0.395 e. The number of allylic oxidation sites excluding steroid dienone is 8. The van der Waals surface area contributed by atoms with Crippen LogP contribution in [0.15, 0.2) is 97.1 Å². The van der Waals surface area contributed by atoms with Crippen molar-refractivity contribution in [3.8, 4) is 11.5 Å². The van der Waals surface area contributed by atoms with Gasteiger partial charge in [0.05, 0.1) is 0 Å². The van der Waals surface area contributed by atoms with Crippen molar-refractivity contribution >= 4 is 6.16 Å². The highest BCUT2D eigenvalue weighted by Crippen LogP contribution is 2.33. The quantitative estimate of drug-likeness (QED) is 0.298. The third-order valence-corrected chi connectivity index (χ3v) is 6.88. The molecule has 2 atom stereocenters. The summed E-state index contributed by atoms with van der Waals surface area (Å²) in [5, 5.41) is 0. The highest BCUT2D eigenvalue weighted by molar-refractivity contribution is 5.67. The molecule has 2 aliphatic rings. The maximum absolute atomic E-state index is 12.2. The highest BCUT2D eigenvalue weighted by atomic mass is 16.7. The lowest BCUT2D eigenvalue weighted by atomic mass is 9.79. The molecule has 0 bridgehead atoms. The Morgan fingerprint density at radius 2 is 1.09 bits per heavy atom. The summed E-state index contributed by atoms with van der Waals surface area (Å²) in [6.45, 7) is 4.58. The van der Waals surface area contributed by atoms with E-state index in [1.807, 2.05) is 48.5 Å². The van der Waals surface area contributed by atoms with Crippen molar-refractivity contribution in [1.82, 2.24) is 0 Å². The van der Waals surface area contributed by atoms with Gasteiger partial charge in [-0.3, -0.25) is 0 Å². The van der Waals surface area contributed by atoms with Crippen LogP contribution in [0.5, 0.6) is 11.5 Å². The van der Waals surface area contributed by atoms with Crippen LogP contribution in [0.4, 0.5) is 4.79 Å². The molecule has 0 radical (unpaired) electrons. The molecule has 2 aromatic rings. The third-order valence-electron chi connectivity index (χ3n) is 6.88. The molecule has 3 nitrogen and oxygen atoms in total. The number of aryl methyl sites for hydroxylation is 2. The zero-order valence-corrected chi connectivity index (χ0v) is 20.2. The van der Waals surface area contributed by atoms with Crippen LogP contribution in [0.3, 0.4) is 0 Å². The molecule has 0 aliphatic heterocycles. The van der Waals surface area contributed by atoms with Gasteiger partial charge in [0, 0.05) is 0 Å². The second-order valence-corrected chi connectivity index (χ2v) is 10.0. The molecule has 0 saturated heterocycles. The zero-order chi connectivity index (χ0) is 23.9. The fourth-order valence-corrected chi connectivity index (χ4v) is 4.44. The van der Waals surface area contributed by atoms with E-state index < -0.39 is 6.16 Å². The van der Waals surface area contributed by atoms with E-state index in [4.69, 9.17) is 9.47 Å². The van der Waals surface area contributed by atoms with Crippen molar-refractivity contribution < 1.29 is 14.3 Å². The van der Waals surface area contributed by atoms with Crippen molar-refractivity contribution in [2.45, 2.75) is 52.4 Å². The van der Waals surface area contributed by atoms with Gasteiger partial charge in [0.2, 0.25) is 0 Å². The summed E-state index contributed by atoms with van der Waals surface area (Å²) in [7, 11) is 0. The molecule has 34 heavy (non-hydrogen) atoms. The summed E-state index contributed by atoms with van der Waals surface area (Å²) in [6.07, 6.45) is 23.1. The second kappa shape index (κ2) is 10.7. The average Bonchev–Trinajstić information content (AvgIpc) is 2.84. The lowest BCUT2D eigenvalue weighted by molar-refractivity contribution is 0.152. The van der Waals surface area contributed by atoms with Crippen molar-refractivity contribution in [3.05, 3.63) is 108 Å². The first-order valence-corrected chi connectivity index (χ1v) is 12.2. The molecule has 0 spiro atoms. The van der Waals surface area contributed by atoms with Crippen molar-refractivity contribution in [3.63, 3.8) is 0 Å². The second-order valence-electron chi connectivity index (χ2n) is 10.0. The first kappa shape index (κ1) is 23.8. The Hall–Kier alpha value is -3.33. The number of hydrogen-bond acceptors (Lipinski definition) is 3. The maximum atomic E-state index is 12.2. The summed E-state index contributed by atoms with van der Waals surface area (Å²) in [4.78, 5) is 12.2. The molecule has 0 aromatic heterocycles. The minimum absolute atomic E-state index is 0.214. The maximum Gasteiger partial charge on any atom is 0.519 e. The molecule has 3 heteroatoms. The molecule has 4 rings (SSSR count). The molecule has 176 valence electrons. The predicted molar refractivity (Wildman–Crippen MR) is 138 cm³/mol. The van der Waals surface area contributed by atoms with Gasteiger partial charge < -0.3 is 9.47 Å². The van der Waals surface area contributed by atoms with Crippen LogP contribution < -0.4 is 9.47 Å². The monoisotopic (exact) mass is 454 g/mol. The summed E-state index contributed by atoms with van der Waals surface area (Å²) in [6, 6.07) is 15.4. The van der Waals surface area contributed by atoms with Crippen molar-refractivity contribution in [1.29, 1.82) is 0 Å². The number of ether oxygens (including phenoxy) is 2. The lowest BCUT2D eigenvalue weighted by Gasteiger charge is -2.26. The van der Waals surface area contributed by atoms with Crippen LogP contribution in [0, 0.1) is 10.8 Å². The molecule has 0 heterocycles. The van der Waals surface area contributed by atoms with Crippen LogP contribution in [-0.2, 0) is 12.8 Å². The SMILES string of the molecule is CC1(CCc2ccc(OC(=O)Oc3ccc(CCC4(C)C=CC=CC4)cc3)cc2)C=CC=CC1. The van der Waals surface area contributed by atoms with E-state index in [-0.39, 0.29) is 10.8 Å². The average molecular weight is 455 g/mol. The summed E-state index contributed by atoms with van der Waals surface area (Å²) in [5.41, 5.74) is 2.89. The van der Waals surface area contributed by atoms with Gasteiger partial charge in [0.1, 0.15) is 11.5 Å². The molecule has 0 N–H and O–H groups in total. The standard InChI is InChI=1S/C31H34O3/c1-30(19-5-3-6-20-30)23-17-25-9-13-27(14-10-25)33-29(32)34-28-15-11-26(12-16-28)18-24-31(2)21-7-4-8-22-31/h3-16,19,21H,17-18,20,22-24H2,1-2H3. The van der Waals surface area contributed by atoms with E-state index in [1.165, 1.54) is 11.1 Å². The smallest absolute Gasteiger partial charge is 0.395 e. The number of carbonyl (C=O) groups is 1. The Balaban J connectivity index is 1.22. The van der Waals surface area contributed by atoms with Crippen LogP contribution in [0.25, 0.3) is 0 Å². The zero-order valence-electron chi connectivity index (χ0n) is 20.2. The van der Waals surface area contributed by atoms with Gasteiger partial charge in [-0.15, -0.1) is 0 Å². The molecule has 2 aromatic carbocycles. The molecule has 2 unspecified atom stereocenters. The molecule has 0 amide bonds. The van der Waals surface area contributed by atoms with Crippen LogP contribution in [0.1, 0.15) is 50.7 Å². The summed E-state index contributed by atoms with van der Waals surface area (Å²) < 4.78 is 10.7. The Morgan fingerprint density at radius 3 is 1.44 bits per heavy atom. The first-order valence-electron chi connectivity index (χ1n) is 12.2. The lowest BCUT2D eigenvalue weighted by Crippen LogP contribution is -2.15. The van der Waals surface area contributed by atoms with E-state index in [0.717, 1.165) is 38.5 Å². The van der Waals surface area contributed by atoms with E-state index in [0.29, 0.717) is 11.5 Å². The van der Waals surface area contributed by atoms with Gasteiger partial charge in [0.15, 0.2) is 0 Å². The Bertz CT molecular complexity index is 1000. The van der Waals surface area contributed by atoms with Gasteiger partial charge in [-0.2, -0.15) is 0 Å². The van der Waals surface area contributed by atoms with Gasteiger partial charge in [-0.1, -0.05) is 86.7 Å². The fourth-order valence-electron chi connectivity index (χ4n) is 4.44. The molecule has 0 saturated carbocycles. The van der Waals surface area contributed by atoms with Gasteiger partial charge in [0.25, 0.3) is 0 Å². The van der Waals surface area contributed by atoms with E-state index >= 15 is 0 Å². The molecular formula is C31H34O3. The summed E-state index contributed by atoms with van der Waals surface area (Å²) in [5.74, 6) is 0.972. The number of benzene rings is 2. The normalized spacial score (nSPS) is 23.1. The Labute approximate surface area is 203 Å². The minimum atomic E-state index is -0.723. The third kappa shape index (κ3) is 6.84. The topological polar surface area (TPSA) is 35.5 Å². The van der Waals surface area contributed by atoms with E-state index in [9.17, 15) is 4.79 Å². The fraction of sp³-hybridized carbons (Fsp3) is 0.323. The predicted octanol–water partition coefficient (Wildman–Crippen LogP) is 8.17. The van der Waals surface area contributed by atoms with Crippen LogP contribution in [-0.4, -0.2) is 6.16 Å². The summed E-state index contributed by atoms with van der Waals surface area (Å²) >= 11 is 0. The van der Waals surface area contributed by atoms with Crippen molar-refractivity contribution in [2.24, 2.45) is 10.8 Å². The van der Waals surface area contributed by atoms with E-state index in [2.05, 4.69) is 62.5 Å². The Kier molecular flexibility index (Phi) is 7.52. The van der Waals surface area contributed by atoms with Crippen molar-refractivity contribution in [2.75, 3.05) is 0 Å². The number of hydrogen-bond donors (Lipinski definition) is 0.